The fraction of sp³-hybridized carbons (Fsp3) is 0.400. The van der Waals surface area contributed by atoms with Crippen LogP contribution in [0, 0.1) is 11.3 Å². The van der Waals surface area contributed by atoms with E-state index in [0.29, 0.717) is 0 Å². The molecule has 0 saturated carbocycles. The third-order valence-electron chi connectivity index (χ3n) is 1.40. The van der Waals surface area contributed by atoms with Gasteiger partial charge in [-0.2, -0.15) is 5.26 Å². The zero-order valence-corrected chi connectivity index (χ0v) is 8.98. The van der Waals surface area contributed by atoms with E-state index in [0.717, 1.165) is 0 Å². The molecule has 4 nitrogen and oxygen atoms in total. The van der Waals surface area contributed by atoms with Crippen LogP contribution >= 0.6 is 0 Å². The van der Waals surface area contributed by atoms with Gasteiger partial charge in [0, 0.05) is 28.2 Å². The summed E-state index contributed by atoms with van der Waals surface area (Å²) in [5, 5.41) is 8.70. The molecule has 1 amide bonds. The first-order valence-corrected chi connectivity index (χ1v) is 4.15. The average Bonchev–Trinajstić information content (AvgIpc) is 2.10. The fourth-order valence-corrected chi connectivity index (χ4v) is 0.709. The minimum Gasteiger partial charge on any atom is -0.383 e. The van der Waals surface area contributed by atoms with Gasteiger partial charge >= 0.3 is 0 Å². The zero-order valence-electron chi connectivity index (χ0n) is 8.98. The third kappa shape index (κ3) is 4.31. The highest BCUT2D eigenvalue weighted by molar-refractivity contribution is 5.97. The van der Waals surface area contributed by atoms with Crippen molar-refractivity contribution in [3.63, 3.8) is 0 Å². The van der Waals surface area contributed by atoms with Gasteiger partial charge in [0.05, 0.1) is 0 Å². The molecule has 0 aliphatic heterocycles. The Labute approximate surface area is 84.7 Å². The van der Waals surface area contributed by atoms with Crippen LogP contribution in [0.4, 0.5) is 0 Å². The predicted octanol–water partition coefficient (Wildman–Crippen LogP) is 0.600. The quantitative estimate of drug-likeness (QED) is 0.374. The highest BCUT2D eigenvalue weighted by atomic mass is 16.2. The summed E-state index contributed by atoms with van der Waals surface area (Å²) < 4.78 is 0. The first-order chi connectivity index (χ1) is 6.49. The normalized spacial score (nSPS) is 11.2. The summed E-state index contributed by atoms with van der Waals surface area (Å²) in [5.41, 5.74) is 0.133. The standard InChI is InChI=1S/C10H15N3O/c1-12(2)7-5-6-9(8-11)10(14)13(3)4/h5-7H,1-4H3/b7-5-,9-6-. The number of likely N-dealkylation sites (N-methyl/N-ethyl adjacent to an activating group) is 1. The molecule has 0 saturated heterocycles. The molecule has 4 heteroatoms. The molecular weight excluding hydrogens is 178 g/mol. The molecule has 0 aromatic carbocycles. The molecule has 0 atom stereocenters. The molecule has 0 N–H and O–H groups in total. The zero-order chi connectivity index (χ0) is 11.1. The van der Waals surface area contributed by atoms with Gasteiger partial charge in [0.15, 0.2) is 0 Å². The fourth-order valence-electron chi connectivity index (χ4n) is 0.709. The second-order valence-corrected chi connectivity index (χ2v) is 3.20. The molecule has 0 aromatic rings. The summed E-state index contributed by atoms with van der Waals surface area (Å²) >= 11 is 0. The Balaban J connectivity index is 4.59. The minimum atomic E-state index is -0.282. The topological polar surface area (TPSA) is 47.3 Å². The second-order valence-electron chi connectivity index (χ2n) is 3.20. The smallest absolute Gasteiger partial charge is 0.263 e. The summed E-state index contributed by atoms with van der Waals surface area (Å²) in [6.07, 6.45) is 4.93. The average molecular weight is 193 g/mol. The lowest BCUT2D eigenvalue weighted by Gasteiger charge is -2.07. The van der Waals surface area contributed by atoms with Crippen molar-refractivity contribution in [1.82, 2.24) is 9.80 Å². The van der Waals surface area contributed by atoms with Crippen LogP contribution in [0.3, 0.4) is 0 Å². The van der Waals surface area contributed by atoms with Crippen molar-refractivity contribution in [2.24, 2.45) is 0 Å². The Morgan fingerprint density at radius 3 is 2.21 bits per heavy atom. The molecule has 0 fully saturated rings. The van der Waals surface area contributed by atoms with E-state index in [1.54, 1.807) is 26.4 Å². The first-order valence-electron chi connectivity index (χ1n) is 4.15. The first kappa shape index (κ1) is 12.2. The summed E-state index contributed by atoms with van der Waals surface area (Å²) in [5.74, 6) is -0.282. The molecule has 76 valence electrons. The van der Waals surface area contributed by atoms with Crippen molar-refractivity contribution in [2.45, 2.75) is 0 Å². The Kier molecular flexibility index (Phi) is 5.08. The highest BCUT2D eigenvalue weighted by Crippen LogP contribution is 1.97. The van der Waals surface area contributed by atoms with Crippen LogP contribution in [0.1, 0.15) is 0 Å². The van der Waals surface area contributed by atoms with Crippen LogP contribution in [0.5, 0.6) is 0 Å². The summed E-state index contributed by atoms with van der Waals surface area (Å²) in [6, 6.07) is 1.86. The van der Waals surface area contributed by atoms with E-state index in [2.05, 4.69) is 0 Å². The van der Waals surface area contributed by atoms with Crippen LogP contribution in [0.25, 0.3) is 0 Å². The van der Waals surface area contributed by atoms with Crippen LogP contribution < -0.4 is 0 Å². The number of allylic oxidation sites excluding steroid dienone is 2. The molecular formula is C10H15N3O. The molecule has 0 aliphatic rings. The van der Waals surface area contributed by atoms with E-state index < -0.39 is 0 Å². The van der Waals surface area contributed by atoms with Gasteiger partial charge in [-0.05, 0) is 18.4 Å². The highest BCUT2D eigenvalue weighted by Gasteiger charge is 2.08. The van der Waals surface area contributed by atoms with Crippen molar-refractivity contribution in [3.8, 4) is 6.07 Å². The van der Waals surface area contributed by atoms with Gasteiger partial charge in [0.25, 0.3) is 5.91 Å². The van der Waals surface area contributed by atoms with E-state index in [1.807, 2.05) is 25.1 Å². The molecule has 0 bridgehead atoms. The monoisotopic (exact) mass is 193 g/mol. The summed E-state index contributed by atoms with van der Waals surface area (Å²) in [6.45, 7) is 0. The molecule has 0 aromatic heterocycles. The van der Waals surface area contributed by atoms with Gasteiger partial charge < -0.3 is 9.80 Å². The van der Waals surface area contributed by atoms with E-state index >= 15 is 0 Å². The van der Waals surface area contributed by atoms with Crippen LogP contribution in [0.15, 0.2) is 23.9 Å². The maximum Gasteiger partial charge on any atom is 0.263 e. The lowest BCUT2D eigenvalue weighted by atomic mass is 10.2. The van der Waals surface area contributed by atoms with Crippen LogP contribution in [0.2, 0.25) is 0 Å². The number of carbonyl (C=O) groups is 1. The lowest BCUT2D eigenvalue weighted by molar-refractivity contribution is -0.124. The van der Waals surface area contributed by atoms with E-state index in [1.165, 1.54) is 11.0 Å². The number of carbonyl (C=O) groups excluding carboxylic acids is 1. The minimum absolute atomic E-state index is 0.133. The Morgan fingerprint density at radius 2 is 1.86 bits per heavy atom. The number of nitrogens with zero attached hydrogens (tertiary/aromatic N) is 3. The van der Waals surface area contributed by atoms with Crippen molar-refractivity contribution in [2.75, 3.05) is 28.2 Å². The van der Waals surface area contributed by atoms with Crippen LogP contribution in [-0.4, -0.2) is 43.9 Å². The number of nitriles is 1. The molecule has 0 spiro atoms. The number of amides is 1. The number of hydrogen-bond acceptors (Lipinski definition) is 3. The molecule has 0 heterocycles. The van der Waals surface area contributed by atoms with Crippen molar-refractivity contribution in [3.05, 3.63) is 23.9 Å². The Morgan fingerprint density at radius 1 is 1.29 bits per heavy atom. The van der Waals surface area contributed by atoms with Crippen molar-refractivity contribution < 1.29 is 4.79 Å². The van der Waals surface area contributed by atoms with Crippen LogP contribution in [-0.2, 0) is 4.79 Å². The largest absolute Gasteiger partial charge is 0.383 e. The number of hydrogen-bond donors (Lipinski definition) is 0. The molecule has 0 radical (unpaired) electrons. The van der Waals surface area contributed by atoms with Crippen molar-refractivity contribution >= 4 is 5.91 Å². The maximum atomic E-state index is 11.3. The Bertz CT molecular complexity index is 295. The van der Waals surface area contributed by atoms with Gasteiger partial charge in [-0.25, -0.2) is 0 Å². The van der Waals surface area contributed by atoms with E-state index in [4.69, 9.17) is 5.26 Å². The summed E-state index contributed by atoms with van der Waals surface area (Å²) in [7, 11) is 6.96. The van der Waals surface area contributed by atoms with Gasteiger partial charge in [-0.15, -0.1) is 0 Å². The second kappa shape index (κ2) is 5.81. The molecule has 0 unspecified atom stereocenters. The van der Waals surface area contributed by atoms with E-state index in [9.17, 15) is 4.79 Å². The van der Waals surface area contributed by atoms with Gasteiger partial charge in [0.1, 0.15) is 11.6 Å². The third-order valence-corrected chi connectivity index (χ3v) is 1.40. The van der Waals surface area contributed by atoms with Crippen molar-refractivity contribution in [1.29, 1.82) is 5.26 Å². The van der Waals surface area contributed by atoms with Gasteiger partial charge in [-0.3, -0.25) is 4.79 Å². The maximum absolute atomic E-state index is 11.3. The lowest BCUT2D eigenvalue weighted by Crippen LogP contribution is -2.22. The summed E-state index contributed by atoms with van der Waals surface area (Å²) in [4.78, 5) is 14.5. The molecule has 14 heavy (non-hydrogen) atoms. The number of rotatable bonds is 3. The SMILES string of the molecule is CN(C)/C=C\C=C(\C#N)C(=O)N(C)C. The van der Waals surface area contributed by atoms with Gasteiger partial charge in [0.2, 0.25) is 0 Å². The van der Waals surface area contributed by atoms with Gasteiger partial charge in [-0.1, -0.05) is 0 Å². The van der Waals surface area contributed by atoms with E-state index in [-0.39, 0.29) is 11.5 Å². The molecule has 0 aliphatic carbocycles. The molecule has 0 rings (SSSR count). The predicted molar refractivity (Wildman–Crippen MR) is 55.2 cm³/mol. The Hall–Kier alpha value is -1.76.